The van der Waals surface area contributed by atoms with Crippen LogP contribution in [0, 0.1) is 12.8 Å². The van der Waals surface area contributed by atoms with Gasteiger partial charge in [0.15, 0.2) is 0 Å². The number of aryl methyl sites for hydroxylation is 1. The maximum absolute atomic E-state index is 11.9. The number of carbonyl (C=O) groups excluding carboxylic acids is 1. The number of carboxylic acid groups (broad SMARTS) is 1. The normalized spacial score (nSPS) is 22.4. The number of amides is 1. The van der Waals surface area contributed by atoms with E-state index in [-0.39, 0.29) is 29.3 Å². The molecule has 2 rings (SSSR count). The van der Waals surface area contributed by atoms with Crippen LogP contribution in [0.4, 0.5) is 0 Å². The topological polar surface area (TPSA) is 88.4 Å². The second-order valence-corrected chi connectivity index (χ2v) is 6.02. The monoisotopic (exact) mass is 298 g/mol. The van der Waals surface area contributed by atoms with E-state index in [0.717, 1.165) is 29.9 Å². The summed E-state index contributed by atoms with van der Waals surface area (Å²) in [7, 11) is 0. The third-order valence-electron chi connectivity index (χ3n) is 3.67. The van der Waals surface area contributed by atoms with E-state index in [4.69, 9.17) is 5.11 Å². The van der Waals surface area contributed by atoms with Crippen molar-refractivity contribution in [2.24, 2.45) is 5.92 Å². The van der Waals surface area contributed by atoms with Crippen LogP contribution < -0.4 is 10.2 Å². The fraction of sp³-hybridized carbons (Fsp3) is 0.615. The van der Waals surface area contributed by atoms with Gasteiger partial charge in [-0.3, -0.25) is 19.0 Å². The average molecular weight is 298 g/mol. The predicted molar refractivity (Wildman–Crippen MR) is 74.8 cm³/mol. The molecule has 1 aromatic rings. The van der Waals surface area contributed by atoms with Gasteiger partial charge in [0.1, 0.15) is 6.54 Å². The Kier molecular flexibility index (Phi) is 4.59. The van der Waals surface area contributed by atoms with Gasteiger partial charge >= 0.3 is 10.8 Å². The number of carbonyl (C=O) groups is 2. The first kappa shape index (κ1) is 14.8. The first-order valence-corrected chi connectivity index (χ1v) is 7.52. The fourth-order valence-corrected chi connectivity index (χ4v) is 3.29. The van der Waals surface area contributed by atoms with Gasteiger partial charge in [-0.15, -0.1) is 0 Å². The molecule has 110 valence electrons. The van der Waals surface area contributed by atoms with E-state index in [0.29, 0.717) is 12.8 Å². The Morgan fingerprint density at radius 2 is 2.25 bits per heavy atom. The molecule has 1 heterocycles. The van der Waals surface area contributed by atoms with Crippen molar-refractivity contribution in [1.82, 2.24) is 9.88 Å². The Hall–Kier alpha value is -1.63. The average Bonchev–Trinajstić information content (AvgIpc) is 2.71. The summed E-state index contributed by atoms with van der Waals surface area (Å²) in [6, 6.07) is -0.105. The zero-order valence-corrected chi connectivity index (χ0v) is 12.1. The highest BCUT2D eigenvalue weighted by Crippen LogP contribution is 2.24. The van der Waals surface area contributed by atoms with Crippen molar-refractivity contribution in [1.29, 1.82) is 0 Å². The number of rotatable bonds is 4. The Morgan fingerprint density at radius 1 is 1.50 bits per heavy atom. The van der Waals surface area contributed by atoms with Crippen LogP contribution in [0.25, 0.3) is 0 Å². The van der Waals surface area contributed by atoms with Crippen molar-refractivity contribution in [2.45, 2.75) is 45.2 Å². The van der Waals surface area contributed by atoms with E-state index in [1.54, 1.807) is 12.3 Å². The number of carboxylic acids is 1. The van der Waals surface area contributed by atoms with Gasteiger partial charge in [-0.2, -0.15) is 0 Å². The summed E-state index contributed by atoms with van der Waals surface area (Å²) in [4.78, 5) is 34.3. The molecule has 1 aliphatic rings. The molecule has 0 bridgehead atoms. The Morgan fingerprint density at radius 3 is 2.85 bits per heavy atom. The number of hydrogen-bond donors (Lipinski definition) is 2. The van der Waals surface area contributed by atoms with Gasteiger partial charge in [0.05, 0.1) is 5.92 Å². The Balaban J connectivity index is 1.91. The van der Waals surface area contributed by atoms with E-state index in [2.05, 4.69) is 5.32 Å². The SMILES string of the molecule is Cc1csc(=O)n1CC(=O)NC1CCCC(C(=O)O)C1. The summed E-state index contributed by atoms with van der Waals surface area (Å²) >= 11 is 1.07. The van der Waals surface area contributed by atoms with Crippen LogP contribution in [0.5, 0.6) is 0 Å². The van der Waals surface area contributed by atoms with Crippen molar-refractivity contribution >= 4 is 23.2 Å². The number of aromatic nitrogens is 1. The van der Waals surface area contributed by atoms with Gasteiger partial charge in [-0.05, 0) is 26.2 Å². The molecule has 0 spiro atoms. The van der Waals surface area contributed by atoms with Crippen LogP contribution >= 0.6 is 11.3 Å². The minimum Gasteiger partial charge on any atom is -0.481 e. The predicted octanol–water partition coefficient (Wildman–Crippen LogP) is 0.978. The molecule has 1 aliphatic carbocycles. The molecular formula is C13H18N2O4S. The minimum absolute atomic E-state index is 0.00239. The molecule has 1 aromatic heterocycles. The smallest absolute Gasteiger partial charge is 0.307 e. The molecule has 1 fully saturated rings. The first-order chi connectivity index (χ1) is 9.47. The molecule has 0 saturated heterocycles. The Labute approximate surface area is 120 Å². The van der Waals surface area contributed by atoms with Crippen LogP contribution in [0.1, 0.15) is 31.4 Å². The molecule has 1 amide bonds. The first-order valence-electron chi connectivity index (χ1n) is 6.64. The highest BCUT2D eigenvalue weighted by molar-refractivity contribution is 7.07. The largest absolute Gasteiger partial charge is 0.481 e. The quantitative estimate of drug-likeness (QED) is 0.867. The van der Waals surface area contributed by atoms with Crippen molar-refractivity contribution < 1.29 is 14.7 Å². The number of thiazole rings is 1. The Bertz CT molecular complexity index is 563. The van der Waals surface area contributed by atoms with Crippen molar-refractivity contribution in [3.8, 4) is 0 Å². The van der Waals surface area contributed by atoms with Gasteiger partial charge < -0.3 is 10.4 Å². The molecular weight excluding hydrogens is 280 g/mol. The van der Waals surface area contributed by atoms with E-state index < -0.39 is 5.97 Å². The van der Waals surface area contributed by atoms with Crippen molar-refractivity contribution in [3.63, 3.8) is 0 Å². The summed E-state index contributed by atoms with van der Waals surface area (Å²) in [5.41, 5.74) is 0.766. The zero-order chi connectivity index (χ0) is 14.7. The van der Waals surface area contributed by atoms with Gasteiger partial charge in [0.2, 0.25) is 5.91 Å². The molecule has 6 nitrogen and oxygen atoms in total. The highest BCUT2D eigenvalue weighted by Gasteiger charge is 2.27. The number of aliphatic carboxylic acids is 1. The van der Waals surface area contributed by atoms with Crippen LogP contribution in [0.3, 0.4) is 0 Å². The van der Waals surface area contributed by atoms with Gasteiger partial charge in [0.25, 0.3) is 0 Å². The van der Waals surface area contributed by atoms with E-state index in [9.17, 15) is 14.4 Å². The van der Waals surface area contributed by atoms with Crippen molar-refractivity contribution in [3.05, 3.63) is 20.7 Å². The number of nitrogens with zero attached hydrogens (tertiary/aromatic N) is 1. The lowest BCUT2D eigenvalue weighted by molar-refractivity contribution is -0.143. The van der Waals surface area contributed by atoms with Crippen molar-refractivity contribution in [2.75, 3.05) is 0 Å². The standard InChI is InChI=1S/C13H18N2O4S/c1-8-7-20-13(19)15(8)6-11(16)14-10-4-2-3-9(5-10)12(17)18/h7,9-10H,2-6H2,1H3,(H,14,16)(H,17,18). The van der Waals surface area contributed by atoms with Gasteiger partial charge in [0, 0.05) is 17.1 Å². The minimum atomic E-state index is -0.797. The molecule has 0 aliphatic heterocycles. The maximum atomic E-state index is 11.9. The molecule has 7 heteroatoms. The third-order valence-corrected chi connectivity index (χ3v) is 4.55. The summed E-state index contributed by atoms with van der Waals surface area (Å²) in [6.45, 7) is 1.79. The lowest BCUT2D eigenvalue weighted by Crippen LogP contribution is -2.42. The highest BCUT2D eigenvalue weighted by atomic mass is 32.1. The van der Waals surface area contributed by atoms with Crippen LogP contribution in [0.2, 0.25) is 0 Å². The fourth-order valence-electron chi connectivity index (χ4n) is 2.56. The van der Waals surface area contributed by atoms with Gasteiger partial charge in [-0.25, -0.2) is 0 Å². The van der Waals surface area contributed by atoms with E-state index >= 15 is 0 Å². The molecule has 2 unspecified atom stereocenters. The molecule has 2 N–H and O–H groups in total. The molecule has 20 heavy (non-hydrogen) atoms. The molecule has 0 radical (unpaired) electrons. The lowest BCUT2D eigenvalue weighted by Gasteiger charge is -2.27. The molecule has 2 atom stereocenters. The summed E-state index contributed by atoms with van der Waals surface area (Å²) in [5, 5.41) is 13.6. The summed E-state index contributed by atoms with van der Waals surface area (Å²) in [6.07, 6.45) is 2.75. The van der Waals surface area contributed by atoms with Gasteiger partial charge in [-0.1, -0.05) is 17.8 Å². The second kappa shape index (κ2) is 6.21. The summed E-state index contributed by atoms with van der Waals surface area (Å²) < 4.78 is 1.43. The molecule has 1 saturated carbocycles. The maximum Gasteiger partial charge on any atom is 0.307 e. The molecule has 0 aromatic carbocycles. The van der Waals surface area contributed by atoms with Crippen LogP contribution in [0.15, 0.2) is 10.2 Å². The van der Waals surface area contributed by atoms with Crippen LogP contribution in [-0.2, 0) is 16.1 Å². The van der Waals surface area contributed by atoms with Crippen LogP contribution in [-0.4, -0.2) is 27.6 Å². The number of hydrogen-bond acceptors (Lipinski definition) is 4. The third kappa shape index (κ3) is 3.47. The second-order valence-electron chi connectivity index (χ2n) is 5.20. The lowest BCUT2D eigenvalue weighted by atomic mass is 9.86. The van der Waals surface area contributed by atoms with E-state index in [1.165, 1.54) is 4.57 Å². The zero-order valence-electron chi connectivity index (χ0n) is 11.3. The summed E-state index contributed by atoms with van der Waals surface area (Å²) in [5.74, 6) is -1.40. The van der Waals surface area contributed by atoms with E-state index in [1.807, 2.05) is 0 Å². The number of nitrogens with one attached hydrogen (secondary N) is 1.